The van der Waals surface area contributed by atoms with Crippen molar-refractivity contribution >= 4 is 44.1 Å². The quantitative estimate of drug-likeness (QED) is 0.326. The van der Waals surface area contributed by atoms with Gasteiger partial charge in [0, 0.05) is 23.3 Å². The van der Waals surface area contributed by atoms with Gasteiger partial charge in [-0.15, -0.1) is 0 Å². The molecule has 0 bridgehead atoms. The van der Waals surface area contributed by atoms with Crippen molar-refractivity contribution in [1.82, 2.24) is 20.2 Å². The lowest BCUT2D eigenvalue weighted by atomic mass is 10.0. The van der Waals surface area contributed by atoms with E-state index in [9.17, 15) is 8.42 Å². The highest BCUT2D eigenvalue weighted by Gasteiger charge is 2.23. The van der Waals surface area contributed by atoms with Crippen LogP contribution in [0.2, 0.25) is 5.02 Å². The monoisotopic (exact) mass is 470 g/mol. The van der Waals surface area contributed by atoms with Gasteiger partial charge in [-0.3, -0.25) is 14.8 Å². The zero-order valence-electron chi connectivity index (χ0n) is 17.4. The third-order valence-electron chi connectivity index (χ3n) is 4.90. The van der Waals surface area contributed by atoms with Crippen LogP contribution in [0.3, 0.4) is 0 Å². The van der Waals surface area contributed by atoms with Gasteiger partial charge in [-0.25, -0.2) is 13.4 Å². The summed E-state index contributed by atoms with van der Waals surface area (Å²) in [6.07, 6.45) is 4.58. The van der Waals surface area contributed by atoms with Crippen LogP contribution in [-0.2, 0) is 14.9 Å². The van der Waals surface area contributed by atoms with E-state index in [-0.39, 0.29) is 27.0 Å². The molecule has 0 aliphatic heterocycles. The number of benzene rings is 1. The number of H-pyrrole nitrogens is 1. The molecule has 0 saturated heterocycles. The number of hydrogen-bond donors (Lipinski definition) is 2. The van der Waals surface area contributed by atoms with Gasteiger partial charge in [0.25, 0.3) is 10.0 Å². The number of fused-ring (bicyclic) bond motifs is 1. The van der Waals surface area contributed by atoms with Gasteiger partial charge >= 0.3 is 0 Å². The number of sulfonamides is 1. The fourth-order valence-electron chi connectivity index (χ4n) is 3.16. The van der Waals surface area contributed by atoms with Crippen LogP contribution in [0.4, 0.5) is 5.69 Å². The first-order chi connectivity index (χ1) is 15.3. The highest BCUT2D eigenvalue weighted by atomic mass is 35.5. The molecule has 32 heavy (non-hydrogen) atoms. The largest absolute Gasteiger partial charge is 0.399 e. The van der Waals surface area contributed by atoms with Gasteiger partial charge in [0.15, 0.2) is 5.65 Å². The second kappa shape index (κ2) is 8.56. The Kier molecular flexibility index (Phi) is 5.81. The molecular weight excluding hydrogens is 452 g/mol. The van der Waals surface area contributed by atoms with Crippen LogP contribution in [-0.4, -0.2) is 41.4 Å². The second-order valence-electron chi connectivity index (χ2n) is 7.01. The van der Waals surface area contributed by atoms with Crippen LogP contribution < -0.4 is 4.72 Å². The van der Waals surface area contributed by atoms with E-state index in [4.69, 9.17) is 16.4 Å². The van der Waals surface area contributed by atoms with E-state index in [1.807, 2.05) is 13.8 Å². The summed E-state index contributed by atoms with van der Waals surface area (Å²) in [5, 5.41) is 11.8. The maximum absolute atomic E-state index is 13.1. The summed E-state index contributed by atoms with van der Waals surface area (Å²) in [6, 6.07) is 8.10. The van der Waals surface area contributed by atoms with E-state index in [2.05, 4.69) is 30.0 Å². The third-order valence-corrected chi connectivity index (χ3v) is 6.47. The molecule has 4 aromatic rings. The lowest BCUT2D eigenvalue weighted by Gasteiger charge is -2.15. The standard InChI is InChI=1S/C21H19ClN6O3S/c1-12-4-5-15(8-13(12)2)32(29,30)28-18-9-14(22)10-24-20(18)19(27-31-3)16-6-7-23-21-17(16)11-25-26-21/h4-11,28H,1-3H3,(H,23,25,26)/b27-19+. The number of hydrogen-bond acceptors (Lipinski definition) is 7. The molecule has 2 N–H and O–H groups in total. The Balaban J connectivity index is 1.85. The zero-order valence-corrected chi connectivity index (χ0v) is 19.0. The van der Waals surface area contributed by atoms with Crippen LogP contribution in [0.25, 0.3) is 11.0 Å². The Morgan fingerprint density at radius 2 is 1.94 bits per heavy atom. The van der Waals surface area contributed by atoms with Crippen molar-refractivity contribution in [2.45, 2.75) is 18.7 Å². The summed E-state index contributed by atoms with van der Waals surface area (Å²) in [5.41, 5.74) is 3.67. The van der Waals surface area contributed by atoms with Crippen molar-refractivity contribution in [3.8, 4) is 0 Å². The van der Waals surface area contributed by atoms with Gasteiger partial charge in [0.1, 0.15) is 18.5 Å². The van der Waals surface area contributed by atoms with Crippen LogP contribution in [0.5, 0.6) is 0 Å². The minimum absolute atomic E-state index is 0.123. The SMILES string of the molecule is CO/N=C(/c1ncc(Cl)cc1NS(=O)(=O)c1ccc(C)c(C)c1)c1ccnc2[nH]ncc12. The fraction of sp³-hybridized carbons (Fsp3) is 0.143. The molecule has 0 fully saturated rings. The van der Waals surface area contributed by atoms with E-state index in [0.29, 0.717) is 16.6 Å². The highest BCUT2D eigenvalue weighted by molar-refractivity contribution is 7.92. The minimum Gasteiger partial charge on any atom is -0.399 e. The maximum Gasteiger partial charge on any atom is 0.261 e. The molecule has 0 unspecified atom stereocenters. The fourth-order valence-corrected chi connectivity index (χ4v) is 4.46. The second-order valence-corrected chi connectivity index (χ2v) is 9.13. The van der Waals surface area contributed by atoms with Crippen LogP contribution in [0, 0.1) is 13.8 Å². The van der Waals surface area contributed by atoms with Crippen molar-refractivity contribution in [2.24, 2.45) is 5.16 Å². The van der Waals surface area contributed by atoms with Gasteiger partial charge in [-0.1, -0.05) is 22.8 Å². The van der Waals surface area contributed by atoms with E-state index in [1.54, 1.807) is 36.7 Å². The topological polar surface area (TPSA) is 122 Å². The van der Waals surface area contributed by atoms with Gasteiger partial charge in [-0.2, -0.15) is 5.10 Å². The van der Waals surface area contributed by atoms with Crippen LogP contribution >= 0.6 is 11.6 Å². The van der Waals surface area contributed by atoms with Crippen molar-refractivity contribution in [1.29, 1.82) is 0 Å². The van der Waals surface area contributed by atoms with Crippen molar-refractivity contribution < 1.29 is 13.3 Å². The predicted molar refractivity (Wildman–Crippen MR) is 123 cm³/mol. The lowest BCUT2D eigenvalue weighted by molar-refractivity contribution is 0.214. The van der Waals surface area contributed by atoms with Gasteiger partial charge in [0.05, 0.1) is 21.8 Å². The summed E-state index contributed by atoms with van der Waals surface area (Å²) in [6.45, 7) is 3.76. The molecule has 4 rings (SSSR count). The molecule has 3 heterocycles. The summed E-state index contributed by atoms with van der Waals surface area (Å²) >= 11 is 6.15. The number of aryl methyl sites for hydroxylation is 2. The number of aromatic amines is 1. The molecular formula is C21H19ClN6O3S. The smallest absolute Gasteiger partial charge is 0.261 e. The molecule has 0 spiro atoms. The van der Waals surface area contributed by atoms with Gasteiger partial charge < -0.3 is 4.84 Å². The molecule has 0 amide bonds. The maximum atomic E-state index is 13.1. The zero-order chi connectivity index (χ0) is 22.9. The van der Waals surface area contributed by atoms with Crippen molar-refractivity contribution in [2.75, 3.05) is 11.8 Å². The molecule has 164 valence electrons. The van der Waals surface area contributed by atoms with Crippen molar-refractivity contribution in [3.63, 3.8) is 0 Å². The Morgan fingerprint density at radius 1 is 1.12 bits per heavy atom. The predicted octanol–water partition coefficient (Wildman–Crippen LogP) is 3.82. The van der Waals surface area contributed by atoms with Crippen molar-refractivity contribution in [3.05, 3.63) is 76.3 Å². The third kappa shape index (κ3) is 4.14. The Morgan fingerprint density at radius 3 is 2.69 bits per heavy atom. The number of pyridine rings is 2. The molecule has 0 aliphatic carbocycles. The van der Waals surface area contributed by atoms with Crippen LogP contribution in [0.15, 0.2) is 59.0 Å². The summed E-state index contributed by atoms with van der Waals surface area (Å²) in [4.78, 5) is 13.8. The minimum atomic E-state index is -3.93. The van der Waals surface area contributed by atoms with Crippen LogP contribution in [0.1, 0.15) is 22.4 Å². The normalized spacial score (nSPS) is 12.2. The van der Waals surface area contributed by atoms with Gasteiger partial charge in [-0.05, 0) is 49.2 Å². The first-order valence-electron chi connectivity index (χ1n) is 9.46. The number of rotatable bonds is 6. The Hall–Kier alpha value is -3.50. The Labute approximate surface area is 189 Å². The molecule has 0 aliphatic rings. The number of anilines is 1. The number of nitrogens with zero attached hydrogens (tertiary/aromatic N) is 4. The van der Waals surface area contributed by atoms with E-state index < -0.39 is 10.0 Å². The molecule has 9 nitrogen and oxygen atoms in total. The molecule has 3 aromatic heterocycles. The first kappa shape index (κ1) is 21.7. The number of nitrogens with one attached hydrogen (secondary N) is 2. The summed E-state index contributed by atoms with van der Waals surface area (Å²) in [5.74, 6) is 0. The summed E-state index contributed by atoms with van der Waals surface area (Å²) < 4.78 is 28.9. The van der Waals surface area contributed by atoms with E-state index in [0.717, 1.165) is 11.1 Å². The highest BCUT2D eigenvalue weighted by Crippen LogP contribution is 2.27. The van der Waals surface area contributed by atoms with Gasteiger partial charge in [0.2, 0.25) is 0 Å². The number of aromatic nitrogens is 4. The Bertz CT molecular complexity index is 1450. The summed E-state index contributed by atoms with van der Waals surface area (Å²) in [7, 11) is -2.54. The average Bonchev–Trinajstić information content (AvgIpc) is 3.23. The van der Waals surface area contributed by atoms with E-state index >= 15 is 0 Å². The molecule has 0 saturated carbocycles. The number of oxime groups is 1. The lowest BCUT2D eigenvalue weighted by Crippen LogP contribution is -2.18. The molecule has 0 radical (unpaired) electrons. The first-order valence-corrected chi connectivity index (χ1v) is 11.3. The van der Waals surface area contributed by atoms with E-state index in [1.165, 1.54) is 19.4 Å². The average molecular weight is 471 g/mol. The number of halogens is 1. The molecule has 11 heteroatoms. The molecule has 0 atom stereocenters. The molecule has 1 aromatic carbocycles.